The van der Waals surface area contributed by atoms with Gasteiger partial charge in [0.25, 0.3) is 5.91 Å². The van der Waals surface area contributed by atoms with E-state index in [0.29, 0.717) is 42.5 Å². The number of pyridine rings is 1. The fourth-order valence-electron chi connectivity index (χ4n) is 2.72. The number of likely N-dealkylation sites (tertiary alicyclic amines) is 1. The van der Waals surface area contributed by atoms with Gasteiger partial charge in [-0.15, -0.1) is 11.3 Å². The monoisotopic (exact) mass is 346 g/mol. The number of ether oxygens (including phenoxy) is 1. The van der Waals surface area contributed by atoms with Gasteiger partial charge < -0.3 is 15.0 Å². The fourth-order valence-corrected chi connectivity index (χ4v) is 3.26. The third-order valence-corrected chi connectivity index (χ3v) is 4.70. The third-order valence-electron chi connectivity index (χ3n) is 4.01. The number of methoxy groups -OCH3 is 1. The molecular formula is C16H18N4O3S. The lowest BCUT2D eigenvalue weighted by Crippen LogP contribution is -2.41. The number of rotatable bonds is 4. The molecule has 2 amide bonds. The largest absolute Gasteiger partial charge is 0.480 e. The summed E-state index contributed by atoms with van der Waals surface area (Å²) in [5.74, 6) is 0.0784. The Bertz CT molecular complexity index is 712. The van der Waals surface area contributed by atoms with E-state index in [0.717, 1.165) is 0 Å². The molecule has 1 fully saturated rings. The van der Waals surface area contributed by atoms with Crippen LogP contribution in [0.4, 0.5) is 5.13 Å². The lowest BCUT2D eigenvalue weighted by atomic mass is 9.95. The molecule has 1 saturated heterocycles. The van der Waals surface area contributed by atoms with Gasteiger partial charge in [0.1, 0.15) is 5.56 Å². The average Bonchev–Trinajstić information content (AvgIpc) is 3.14. The van der Waals surface area contributed by atoms with Crippen molar-refractivity contribution in [2.45, 2.75) is 12.8 Å². The molecule has 1 N–H and O–H groups in total. The molecule has 2 aromatic heterocycles. The molecule has 24 heavy (non-hydrogen) atoms. The average molecular weight is 346 g/mol. The summed E-state index contributed by atoms with van der Waals surface area (Å²) in [6.07, 6.45) is 4.50. The molecule has 0 aliphatic carbocycles. The first-order valence-electron chi connectivity index (χ1n) is 7.67. The number of thiazole rings is 1. The van der Waals surface area contributed by atoms with Crippen molar-refractivity contribution in [1.29, 1.82) is 0 Å². The van der Waals surface area contributed by atoms with Crippen LogP contribution in [0.2, 0.25) is 0 Å². The van der Waals surface area contributed by atoms with E-state index in [2.05, 4.69) is 15.3 Å². The van der Waals surface area contributed by atoms with Crippen molar-refractivity contribution < 1.29 is 14.3 Å². The van der Waals surface area contributed by atoms with Crippen molar-refractivity contribution in [3.8, 4) is 5.88 Å². The molecule has 0 unspecified atom stereocenters. The Morgan fingerprint density at radius 1 is 1.29 bits per heavy atom. The number of piperidine rings is 1. The molecule has 8 heteroatoms. The molecule has 2 aromatic rings. The summed E-state index contributed by atoms with van der Waals surface area (Å²) in [5, 5.41) is 5.25. The quantitative estimate of drug-likeness (QED) is 0.916. The zero-order chi connectivity index (χ0) is 16.9. The van der Waals surface area contributed by atoms with Gasteiger partial charge >= 0.3 is 0 Å². The van der Waals surface area contributed by atoms with Crippen LogP contribution < -0.4 is 10.1 Å². The van der Waals surface area contributed by atoms with Crippen molar-refractivity contribution >= 4 is 28.3 Å². The molecule has 0 atom stereocenters. The highest BCUT2D eigenvalue weighted by atomic mass is 32.1. The first kappa shape index (κ1) is 16.4. The predicted molar refractivity (Wildman–Crippen MR) is 90.2 cm³/mol. The number of nitrogens with zero attached hydrogens (tertiary/aromatic N) is 3. The van der Waals surface area contributed by atoms with E-state index in [4.69, 9.17) is 4.74 Å². The normalized spacial score (nSPS) is 15.1. The molecule has 126 valence electrons. The Balaban J connectivity index is 1.58. The highest BCUT2D eigenvalue weighted by molar-refractivity contribution is 7.13. The van der Waals surface area contributed by atoms with Crippen molar-refractivity contribution in [3.63, 3.8) is 0 Å². The van der Waals surface area contributed by atoms with Crippen LogP contribution in [0.15, 0.2) is 29.9 Å². The van der Waals surface area contributed by atoms with E-state index in [9.17, 15) is 9.59 Å². The lowest BCUT2D eigenvalue weighted by molar-refractivity contribution is -0.121. The maximum Gasteiger partial charge on any atom is 0.259 e. The fraction of sp³-hybridized carbons (Fsp3) is 0.375. The van der Waals surface area contributed by atoms with E-state index in [1.807, 2.05) is 5.38 Å². The number of hydrogen-bond acceptors (Lipinski definition) is 6. The molecule has 0 saturated carbocycles. The Kier molecular flexibility index (Phi) is 5.05. The second-order valence-electron chi connectivity index (χ2n) is 5.45. The summed E-state index contributed by atoms with van der Waals surface area (Å²) in [6, 6.07) is 3.42. The van der Waals surface area contributed by atoms with Crippen LogP contribution in [0.25, 0.3) is 0 Å². The molecule has 0 spiro atoms. The Hall–Kier alpha value is -2.48. The molecule has 1 aliphatic rings. The zero-order valence-electron chi connectivity index (χ0n) is 13.3. The van der Waals surface area contributed by atoms with Crippen LogP contribution in [0, 0.1) is 5.92 Å². The Labute approximate surface area is 143 Å². The molecule has 7 nitrogen and oxygen atoms in total. The van der Waals surface area contributed by atoms with Gasteiger partial charge in [0.05, 0.1) is 7.11 Å². The standard InChI is InChI=1S/C16H18N4O3S/c1-23-14-12(3-2-6-17-14)15(22)20-8-4-11(5-9-20)13(21)19-16-18-7-10-24-16/h2-3,6-7,10-11H,4-5,8-9H2,1H3,(H,18,19,21). The molecule has 0 bridgehead atoms. The highest BCUT2D eigenvalue weighted by Crippen LogP contribution is 2.23. The van der Waals surface area contributed by atoms with Crippen molar-refractivity contribution in [1.82, 2.24) is 14.9 Å². The minimum atomic E-state index is -0.112. The summed E-state index contributed by atoms with van der Waals surface area (Å²) in [6.45, 7) is 1.07. The van der Waals surface area contributed by atoms with Gasteiger partial charge in [-0.05, 0) is 25.0 Å². The van der Waals surface area contributed by atoms with Crippen LogP contribution in [0.5, 0.6) is 5.88 Å². The molecule has 1 aliphatic heterocycles. The molecular weight excluding hydrogens is 328 g/mol. The van der Waals surface area contributed by atoms with Crippen LogP contribution in [0.3, 0.4) is 0 Å². The highest BCUT2D eigenvalue weighted by Gasteiger charge is 2.29. The summed E-state index contributed by atoms with van der Waals surface area (Å²) < 4.78 is 5.15. The second kappa shape index (κ2) is 7.39. The zero-order valence-corrected chi connectivity index (χ0v) is 14.1. The van der Waals surface area contributed by atoms with Crippen LogP contribution in [0.1, 0.15) is 23.2 Å². The van der Waals surface area contributed by atoms with E-state index in [1.165, 1.54) is 18.4 Å². The molecule has 3 rings (SSSR count). The molecule has 3 heterocycles. The summed E-state index contributed by atoms with van der Waals surface area (Å²) in [7, 11) is 1.49. The first-order chi connectivity index (χ1) is 11.7. The second-order valence-corrected chi connectivity index (χ2v) is 6.35. The van der Waals surface area contributed by atoms with Crippen LogP contribution in [-0.4, -0.2) is 46.9 Å². The van der Waals surface area contributed by atoms with E-state index >= 15 is 0 Å². The number of carbonyl (C=O) groups excluding carboxylic acids is 2. The molecule has 0 radical (unpaired) electrons. The third kappa shape index (κ3) is 3.53. The van der Waals surface area contributed by atoms with Gasteiger partial charge in [-0.25, -0.2) is 9.97 Å². The van der Waals surface area contributed by atoms with Gasteiger partial charge in [-0.2, -0.15) is 0 Å². The number of carbonyl (C=O) groups is 2. The number of nitrogens with one attached hydrogen (secondary N) is 1. The number of anilines is 1. The molecule has 0 aromatic carbocycles. The number of amides is 2. The maximum absolute atomic E-state index is 12.6. The van der Waals surface area contributed by atoms with Crippen LogP contribution >= 0.6 is 11.3 Å². The summed E-state index contributed by atoms with van der Waals surface area (Å²) in [4.78, 5) is 34.7. The first-order valence-corrected chi connectivity index (χ1v) is 8.55. The predicted octanol–water partition coefficient (Wildman–Crippen LogP) is 2.04. The van der Waals surface area contributed by atoms with Gasteiger partial charge in [0.2, 0.25) is 11.8 Å². The topological polar surface area (TPSA) is 84.4 Å². The minimum Gasteiger partial charge on any atom is -0.480 e. The van der Waals surface area contributed by atoms with Gasteiger partial charge in [-0.3, -0.25) is 9.59 Å². The number of aromatic nitrogens is 2. The summed E-state index contributed by atoms with van der Waals surface area (Å²) in [5.41, 5.74) is 0.450. The minimum absolute atomic E-state index is 0.0315. The smallest absolute Gasteiger partial charge is 0.259 e. The summed E-state index contributed by atoms with van der Waals surface area (Å²) >= 11 is 1.39. The van der Waals surface area contributed by atoms with Crippen LogP contribution in [-0.2, 0) is 4.79 Å². The van der Waals surface area contributed by atoms with E-state index < -0.39 is 0 Å². The Morgan fingerprint density at radius 2 is 2.08 bits per heavy atom. The number of hydrogen-bond donors (Lipinski definition) is 1. The van der Waals surface area contributed by atoms with E-state index in [-0.39, 0.29) is 17.7 Å². The lowest BCUT2D eigenvalue weighted by Gasteiger charge is -2.31. The van der Waals surface area contributed by atoms with Crippen molar-refractivity contribution in [2.75, 3.05) is 25.5 Å². The van der Waals surface area contributed by atoms with Gasteiger partial charge in [0, 0.05) is 36.8 Å². The SMILES string of the molecule is COc1ncccc1C(=O)N1CCC(C(=O)Nc2nccs2)CC1. The van der Waals surface area contributed by atoms with Crippen molar-refractivity contribution in [2.24, 2.45) is 5.92 Å². The Morgan fingerprint density at radius 3 is 2.75 bits per heavy atom. The van der Waals surface area contributed by atoms with Gasteiger partial charge in [0.15, 0.2) is 5.13 Å². The van der Waals surface area contributed by atoms with Crippen molar-refractivity contribution in [3.05, 3.63) is 35.5 Å². The maximum atomic E-state index is 12.6. The van der Waals surface area contributed by atoms with E-state index in [1.54, 1.807) is 29.4 Å². The van der Waals surface area contributed by atoms with Gasteiger partial charge in [-0.1, -0.05) is 0 Å².